The van der Waals surface area contributed by atoms with Crippen molar-refractivity contribution in [2.24, 2.45) is 11.8 Å². The van der Waals surface area contributed by atoms with Crippen molar-refractivity contribution in [2.75, 3.05) is 25.0 Å². The quantitative estimate of drug-likeness (QED) is 0.842. The van der Waals surface area contributed by atoms with Crippen LogP contribution in [-0.2, 0) is 9.59 Å². The predicted octanol–water partition coefficient (Wildman–Crippen LogP) is 2.50. The zero-order chi connectivity index (χ0) is 17.5. The topological polar surface area (TPSA) is 61.4 Å². The van der Waals surface area contributed by atoms with Gasteiger partial charge in [-0.2, -0.15) is 0 Å². The molecule has 1 aliphatic heterocycles. The Balaban J connectivity index is 1.81. The highest BCUT2D eigenvalue weighted by molar-refractivity contribution is 5.79. The Morgan fingerprint density at radius 1 is 1.17 bits per heavy atom. The van der Waals surface area contributed by atoms with Crippen LogP contribution in [0.4, 0.5) is 5.69 Å². The van der Waals surface area contributed by atoms with Crippen molar-refractivity contribution >= 4 is 17.5 Å². The van der Waals surface area contributed by atoms with Gasteiger partial charge in [-0.15, -0.1) is 0 Å². The first-order valence-electron chi connectivity index (χ1n) is 8.82. The third-order valence-corrected chi connectivity index (χ3v) is 4.74. The molecular formula is C19H29N3O2. The molecule has 1 aromatic rings. The summed E-state index contributed by atoms with van der Waals surface area (Å²) >= 11 is 0. The van der Waals surface area contributed by atoms with Crippen LogP contribution >= 0.6 is 0 Å². The van der Waals surface area contributed by atoms with E-state index in [4.69, 9.17) is 0 Å². The molecule has 0 aliphatic carbocycles. The lowest BCUT2D eigenvalue weighted by molar-refractivity contribution is -0.133. The van der Waals surface area contributed by atoms with Gasteiger partial charge in [0, 0.05) is 44.2 Å². The Bertz CT molecular complexity index is 537. The largest absolute Gasteiger partial charge is 0.380 e. The van der Waals surface area contributed by atoms with E-state index in [0.717, 1.165) is 18.5 Å². The number of benzene rings is 1. The highest BCUT2D eigenvalue weighted by atomic mass is 16.2. The van der Waals surface area contributed by atoms with Crippen molar-refractivity contribution in [2.45, 2.75) is 39.7 Å². The maximum atomic E-state index is 12.4. The Labute approximate surface area is 144 Å². The number of anilines is 1. The van der Waals surface area contributed by atoms with Crippen molar-refractivity contribution in [1.29, 1.82) is 0 Å². The van der Waals surface area contributed by atoms with Crippen LogP contribution in [-0.4, -0.2) is 42.4 Å². The smallest absolute Gasteiger partial charge is 0.223 e. The fourth-order valence-corrected chi connectivity index (χ4v) is 3.01. The van der Waals surface area contributed by atoms with Crippen LogP contribution in [0, 0.1) is 11.8 Å². The number of likely N-dealkylation sites (tertiary alicyclic amines) is 1. The van der Waals surface area contributed by atoms with Gasteiger partial charge in [-0.25, -0.2) is 0 Å². The number of para-hydroxylation sites is 1. The van der Waals surface area contributed by atoms with E-state index in [1.165, 1.54) is 0 Å². The van der Waals surface area contributed by atoms with Gasteiger partial charge < -0.3 is 15.5 Å². The zero-order valence-corrected chi connectivity index (χ0v) is 14.9. The Morgan fingerprint density at radius 2 is 1.79 bits per heavy atom. The third kappa shape index (κ3) is 5.25. The first kappa shape index (κ1) is 18.3. The van der Waals surface area contributed by atoms with Gasteiger partial charge in [-0.1, -0.05) is 32.0 Å². The Morgan fingerprint density at radius 3 is 2.33 bits per heavy atom. The van der Waals surface area contributed by atoms with Crippen LogP contribution < -0.4 is 10.6 Å². The van der Waals surface area contributed by atoms with E-state index in [-0.39, 0.29) is 23.8 Å². The first-order chi connectivity index (χ1) is 11.5. The number of hydrogen-bond acceptors (Lipinski definition) is 3. The van der Waals surface area contributed by atoms with Gasteiger partial charge in [0.2, 0.25) is 11.8 Å². The van der Waals surface area contributed by atoms with Crippen LogP contribution in [0.15, 0.2) is 30.3 Å². The SMILES string of the molecule is CC(=O)N1CCC(C(=O)NCC(Nc2ccccc2)C(C)C)CC1. The van der Waals surface area contributed by atoms with Crippen molar-refractivity contribution in [1.82, 2.24) is 10.2 Å². The van der Waals surface area contributed by atoms with E-state index in [2.05, 4.69) is 24.5 Å². The summed E-state index contributed by atoms with van der Waals surface area (Å²) in [6.07, 6.45) is 1.51. The van der Waals surface area contributed by atoms with E-state index in [1.807, 2.05) is 35.2 Å². The first-order valence-corrected chi connectivity index (χ1v) is 8.82. The van der Waals surface area contributed by atoms with Crippen LogP contribution in [0.5, 0.6) is 0 Å². The number of piperidine rings is 1. The number of hydrogen-bond donors (Lipinski definition) is 2. The van der Waals surface area contributed by atoms with E-state index < -0.39 is 0 Å². The number of nitrogens with one attached hydrogen (secondary N) is 2. The van der Waals surface area contributed by atoms with Crippen molar-refractivity contribution in [3.63, 3.8) is 0 Å². The van der Waals surface area contributed by atoms with Gasteiger partial charge >= 0.3 is 0 Å². The molecule has 1 aromatic carbocycles. The van der Waals surface area contributed by atoms with Crippen molar-refractivity contribution < 1.29 is 9.59 Å². The van der Waals surface area contributed by atoms with Crippen molar-refractivity contribution in [3.05, 3.63) is 30.3 Å². The summed E-state index contributed by atoms with van der Waals surface area (Å²) in [5.74, 6) is 0.634. The third-order valence-electron chi connectivity index (χ3n) is 4.74. The number of nitrogens with zero attached hydrogens (tertiary/aromatic N) is 1. The van der Waals surface area contributed by atoms with Crippen LogP contribution in [0.1, 0.15) is 33.6 Å². The minimum Gasteiger partial charge on any atom is -0.380 e. The molecular weight excluding hydrogens is 302 g/mol. The van der Waals surface area contributed by atoms with E-state index in [1.54, 1.807) is 6.92 Å². The molecule has 0 spiro atoms. The molecule has 1 atom stereocenters. The van der Waals surface area contributed by atoms with Gasteiger partial charge in [0.15, 0.2) is 0 Å². The van der Waals surface area contributed by atoms with Crippen LogP contribution in [0.25, 0.3) is 0 Å². The standard InChI is InChI=1S/C19H29N3O2/c1-14(2)18(21-17-7-5-4-6-8-17)13-20-19(24)16-9-11-22(12-10-16)15(3)23/h4-8,14,16,18,21H,9-13H2,1-3H3,(H,20,24). The normalized spacial score (nSPS) is 16.8. The molecule has 0 aromatic heterocycles. The minimum atomic E-state index is 0.0186. The van der Waals surface area contributed by atoms with Gasteiger partial charge in [0.25, 0.3) is 0 Å². The number of carbonyl (C=O) groups is 2. The second-order valence-electron chi connectivity index (χ2n) is 6.89. The van der Waals surface area contributed by atoms with Gasteiger partial charge in [-0.3, -0.25) is 9.59 Å². The molecule has 2 N–H and O–H groups in total. The minimum absolute atomic E-state index is 0.0186. The lowest BCUT2D eigenvalue weighted by Gasteiger charge is -2.31. The molecule has 0 bridgehead atoms. The number of carbonyl (C=O) groups excluding carboxylic acids is 2. The second-order valence-corrected chi connectivity index (χ2v) is 6.89. The highest BCUT2D eigenvalue weighted by Gasteiger charge is 2.26. The molecule has 1 saturated heterocycles. The average Bonchev–Trinajstić information content (AvgIpc) is 2.59. The molecule has 1 fully saturated rings. The molecule has 0 saturated carbocycles. The molecule has 2 rings (SSSR count). The molecule has 132 valence electrons. The summed E-state index contributed by atoms with van der Waals surface area (Å²) in [6, 6.07) is 10.3. The van der Waals surface area contributed by atoms with E-state index in [0.29, 0.717) is 25.6 Å². The van der Waals surface area contributed by atoms with Gasteiger partial charge in [-0.05, 0) is 30.9 Å². The molecule has 1 heterocycles. The lowest BCUT2D eigenvalue weighted by Crippen LogP contribution is -2.45. The zero-order valence-electron chi connectivity index (χ0n) is 14.9. The summed E-state index contributed by atoms with van der Waals surface area (Å²) in [7, 11) is 0. The molecule has 5 heteroatoms. The predicted molar refractivity (Wildman–Crippen MR) is 96.7 cm³/mol. The van der Waals surface area contributed by atoms with Crippen LogP contribution in [0.3, 0.4) is 0 Å². The molecule has 24 heavy (non-hydrogen) atoms. The summed E-state index contributed by atoms with van der Waals surface area (Å²) in [5, 5.41) is 6.58. The Hall–Kier alpha value is -2.04. The lowest BCUT2D eigenvalue weighted by atomic mass is 9.95. The highest BCUT2D eigenvalue weighted by Crippen LogP contribution is 2.18. The molecule has 5 nitrogen and oxygen atoms in total. The number of amides is 2. The molecule has 0 radical (unpaired) electrons. The fourth-order valence-electron chi connectivity index (χ4n) is 3.01. The molecule has 2 amide bonds. The monoisotopic (exact) mass is 331 g/mol. The summed E-state index contributed by atoms with van der Waals surface area (Å²) in [4.78, 5) is 25.6. The van der Waals surface area contributed by atoms with Gasteiger partial charge in [0.1, 0.15) is 0 Å². The average molecular weight is 331 g/mol. The summed E-state index contributed by atoms with van der Waals surface area (Å²) in [6.45, 7) is 7.87. The maximum absolute atomic E-state index is 12.4. The fraction of sp³-hybridized carbons (Fsp3) is 0.579. The van der Waals surface area contributed by atoms with Gasteiger partial charge in [0.05, 0.1) is 0 Å². The summed E-state index contributed by atoms with van der Waals surface area (Å²) in [5.41, 5.74) is 1.07. The van der Waals surface area contributed by atoms with E-state index in [9.17, 15) is 9.59 Å². The summed E-state index contributed by atoms with van der Waals surface area (Å²) < 4.78 is 0. The molecule has 1 unspecified atom stereocenters. The number of rotatable bonds is 6. The van der Waals surface area contributed by atoms with Crippen LogP contribution in [0.2, 0.25) is 0 Å². The second kappa shape index (κ2) is 8.71. The maximum Gasteiger partial charge on any atom is 0.223 e. The van der Waals surface area contributed by atoms with E-state index >= 15 is 0 Å². The molecule has 1 aliphatic rings. The van der Waals surface area contributed by atoms with Crippen molar-refractivity contribution in [3.8, 4) is 0 Å². The Kier molecular flexibility index (Phi) is 6.64.